The van der Waals surface area contributed by atoms with Gasteiger partial charge in [0.05, 0.1) is 13.7 Å². The number of methoxy groups -OCH3 is 1. The standard InChI is InChI=1S/C14H20N2O5/c1-3-21-11-7-6-10(9-12(11)20-2)16-14(19)15-8-4-5-13(17)18/h6-7,9H,3-5,8H2,1-2H3,(H,17,18)(H2,15,16,19). The quantitative estimate of drug-likeness (QED) is 0.638. The van der Waals surface area contributed by atoms with Crippen molar-refractivity contribution in [3.63, 3.8) is 0 Å². The smallest absolute Gasteiger partial charge is 0.319 e. The molecule has 0 aliphatic carbocycles. The van der Waals surface area contributed by atoms with Crippen molar-refractivity contribution in [1.29, 1.82) is 0 Å². The highest BCUT2D eigenvalue weighted by Crippen LogP contribution is 2.30. The first kappa shape index (κ1) is 16.6. The SMILES string of the molecule is CCOc1ccc(NC(=O)NCCCC(=O)O)cc1OC. The van der Waals surface area contributed by atoms with Gasteiger partial charge in [0.1, 0.15) is 0 Å². The third-order valence-electron chi connectivity index (χ3n) is 2.57. The molecule has 0 saturated carbocycles. The molecule has 116 valence electrons. The molecule has 0 heterocycles. The Morgan fingerprint density at radius 3 is 2.67 bits per heavy atom. The fourth-order valence-electron chi connectivity index (χ4n) is 1.64. The van der Waals surface area contributed by atoms with Crippen molar-refractivity contribution in [1.82, 2.24) is 5.32 Å². The highest BCUT2D eigenvalue weighted by molar-refractivity contribution is 5.89. The molecule has 0 aliphatic heterocycles. The molecule has 0 aromatic heterocycles. The van der Waals surface area contributed by atoms with Gasteiger partial charge in [-0.3, -0.25) is 4.79 Å². The average Bonchev–Trinajstić information content (AvgIpc) is 2.45. The predicted molar refractivity (Wildman–Crippen MR) is 78.1 cm³/mol. The van der Waals surface area contributed by atoms with Gasteiger partial charge < -0.3 is 25.2 Å². The number of carbonyl (C=O) groups excluding carboxylic acids is 1. The molecule has 0 radical (unpaired) electrons. The Morgan fingerprint density at radius 1 is 1.29 bits per heavy atom. The Kier molecular flexibility index (Phi) is 6.86. The Balaban J connectivity index is 2.50. The lowest BCUT2D eigenvalue weighted by atomic mass is 10.2. The molecule has 0 bridgehead atoms. The maximum absolute atomic E-state index is 11.6. The number of urea groups is 1. The summed E-state index contributed by atoms with van der Waals surface area (Å²) in [6.45, 7) is 2.69. The molecule has 21 heavy (non-hydrogen) atoms. The average molecular weight is 296 g/mol. The van der Waals surface area contributed by atoms with E-state index in [-0.39, 0.29) is 6.42 Å². The summed E-state index contributed by atoms with van der Waals surface area (Å²) in [5, 5.41) is 13.7. The number of amides is 2. The highest BCUT2D eigenvalue weighted by atomic mass is 16.5. The Morgan fingerprint density at radius 2 is 2.05 bits per heavy atom. The van der Waals surface area contributed by atoms with E-state index in [9.17, 15) is 9.59 Å². The second-order valence-electron chi connectivity index (χ2n) is 4.18. The van der Waals surface area contributed by atoms with Crippen LogP contribution < -0.4 is 20.1 Å². The Labute approximate surface area is 123 Å². The van der Waals surface area contributed by atoms with E-state index >= 15 is 0 Å². The number of rotatable bonds is 8. The third kappa shape index (κ3) is 6.03. The lowest BCUT2D eigenvalue weighted by Crippen LogP contribution is -2.29. The third-order valence-corrected chi connectivity index (χ3v) is 2.57. The van der Waals surface area contributed by atoms with Gasteiger partial charge in [-0.1, -0.05) is 0 Å². The van der Waals surface area contributed by atoms with E-state index in [1.54, 1.807) is 18.2 Å². The fraction of sp³-hybridized carbons (Fsp3) is 0.429. The minimum absolute atomic E-state index is 0.0250. The number of benzene rings is 1. The first-order valence-corrected chi connectivity index (χ1v) is 6.64. The molecule has 0 atom stereocenters. The molecule has 3 N–H and O–H groups in total. The van der Waals surface area contributed by atoms with Gasteiger partial charge in [0.25, 0.3) is 0 Å². The first-order valence-electron chi connectivity index (χ1n) is 6.64. The number of hydrogen-bond donors (Lipinski definition) is 3. The lowest BCUT2D eigenvalue weighted by Gasteiger charge is -2.12. The van der Waals surface area contributed by atoms with Crippen LogP contribution in [0.2, 0.25) is 0 Å². The molecule has 0 spiro atoms. The van der Waals surface area contributed by atoms with E-state index in [2.05, 4.69) is 10.6 Å². The van der Waals surface area contributed by atoms with Crippen LogP contribution in [0.3, 0.4) is 0 Å². The van der Waals surface area contributed by atoms with Crippen molar-refractivity contribution in [2.24, 2.45) is 0 Å². The number of carboxylic acid groups (broad SMARTS) is 1. The number of carboxylic acids is 1. The molecule has 0 fully saturated rings. The number of nitrogens with one attached hydrogen (secondary N) is 2. The normalized spacial score (nSPS) is 9.81. The van der Waals surface area contributed by atoms with Crippen LogP contribution in [0.5, 0.6) is 11.5 Å². The van der Waals surface area contributed by atoms with Gasteiger partial charge in [0, 0.05) is 24.7 Å². The number of hydrogen-bond acceptors (Lipinski definition) is 4. The Hall–Kier alpha value is -2.44. The maximum Gasteiger partial charge on any atom is 0.319 e. The zero-order valence-corrected chi connectivity index (χ0v) is 12.1. The molecule has 7 nitrogen and oxygen atoms in total. The van der Waals surface area contributed by atoms with Crippen molar-refractivity contribution in [3.05, 3.63) is 18.2 Å². The minimum Gasteiger partial charge on any atom is -0.493 e. The van der Waals surface area contributed by atoms with Gasteiger partial charge in [0.15, 0.2) is 11.5 Å². The first-order chi connectivity index (χ1) is 10.1. The number of anilines is 1. The summed E-state index contributed by atoms with van der Waals surface area (Å²) >= 11 is 0. The van der Waals surface area contributed by atoms with E-state index < -0.39 is 12.0 Å². The van der Waals surface area contributed by atoms with Crippen LogP contribution in [0.1, 0.15) is 19.8 Å². The summed E-state index contributed by atoms with van der Waals surface area (Å²) in [4.78, 5) is 22.0. The van der Waals surface area contributed by atoms with Crippen molar-refractivity contribution in [2.45, 2.75) is 19.8 Å². The molecule has 0 aliphatic rings. The zero-order chi connectivity index (χ0) is 15.7. The van der Waals surface area contributed by atoms with E-state index in [0.717, 1.165) is 0 Å². The van der Waals surface area contributed by atoms with E-state index in [1.165, 1.54) is 7.11 Å². The van der Waals surface area contributed by atoms with Crippen molar-refractivity contribution < 1.29 is 24.2 Å². The van der Waals surface area contributed by atoms with Crippen LogP contribution in [0.15, 0.2) is 18.2 Å². The Bertz CT molecular complexity index is 490. The topological polar surface area (TPSA) is 96.9 Å². The molecule has 7 heteroatoms. The summed E-state index contributed by atoms with van der Waals surface area (Å²) < 4.78 is 10.6. The van der Waals surface area contributed by atoms with Gasteiger partial charge in [-0.2, -0.15) is 0 Å². The summed E-state index contributed by atoms with van der Waals surface area (Å²) in [5.74, 6) is 0.251. The van der Waals surface area contributed by atoms with E-state index in [4.69, 9.17) is 14.6 Å². The lowest BCUT2D eigenvalue weighted by molar-refractivity contribution is -0.137. The van der Waals surface area contributed by atoms with Gasteiger partial charge >= 0.3 is 12.0 Å². The van der Waals surface area contributed by atoms with Crippen molar-refractivity contribution in [3.8, 4) is 11.5 Å². The minimum atomic E-state index is -0.881. The van der Waals surface area contributed by atoms with Gasteiger partial charge in [-0.15, -0.1) is 0 Å². The summed E-state index contributed by atoms with van der Waals surface area (Å²) in [6.07, 6.45) is 0.409. The number of aliphatic carboxylic acids is 1. The van der Waals surface area contributed by atoms with Crippen LogP contribution in [-0.2, 0) is 4.79 Å². The summed E-state index contributed by atoms with van der Waals surface area (Å²) in [7, 11) is 1.52. The monoisotopic (exact) mass is 296 g/mol. The van der Waals surface area contributed by atoms with Gasteiger partial charge in [0.2, 0.25) is 0 Å². The van der Waals surface area contributed by atoms with Gasteiger partial charge in [-0.25, -0.2) is 4.79 Å². The van der Waals surface area contributed by atoms with Crippen LogP contribution in [0.25, 0.3) is 0 Å². The summed E-state index contributed by atoms with van der Waals surface area (Å²) in [5.41, 5.74) is 0.561. The zero-order valence-electron chi connectivity index (χ0n) is 12.1. The highest BCUT2D eigenvalue weighted by Gasteiger charge is 2.07. The molecular formula is C14H20N2O5. The number of carbonyl (C=O) groups is 2. The largest absolute Gasteiger partial charge is 0.493 e. The second kappa shape index (κ2) is 8.68. The molecule has 0 saturated heterocycles. The van der Waals surface area contributed by atoms with Crippen LogP contribution in [0.4, 0.5) is 10.5 Å². The van der Waals surface area contributed by atoms with Crippen LogP contribution >= 0.6 is 0 Å². The maximum atomic E-state index is 11.6. The molecule has 1 rings (SSSR count). The van der Waals surface area contributed by atoms with Crippen LogP contribution in [0, 0.1) is 0 Å². The molecule has 1 aromatic carbocycles. The molecule has 2 amide bonds. The molecular weight excluding hydrogens is 276 g/mol. The molecule has 1 aromatic rings. The van der Waals surface area contributed by atoms with E-state index in [1.807, 2.05) is 6.92 Å². The fourth-order valence-corrected chi connectivity index (χ4v) is 1.64. The van der Waals surface area contributed by atoms with Gasteiger partial charge in [-0.05, 0) is 25.5 Å². The second-order valence-corrected chi connectivity index (χ2v) is 4.18. The van der Waals surface area contributed by atoms with E-state index in [0.29, 0.717) is 36.8 Å². The van der Waals surface area contributed by atoms with Crippen molar-refractivity contribution in [2.75, 3.05) is 25.6 Å². The predicted octanol–water partition coefficient (Wildman–Crippen LogP) is 2.08. The molecule has 0 unspecified atom stereocenters. The summed E-state index contributed by atoms with van der Waals surface area (Å²) in [6, 6.07) is 4.67. The number of ether oxygens (including phenoxy) is 2. The van der Waals surface area contributed by atoms with Crippen molar-refractivity contribution >= 4 is 17.7 Å². The van der Waals surface area contributed by atoms with Crippen LogP contribution in [-0.4, -0.2) is 37.4 Å².